The van der Waals surface area contributed by atoms with Crippen molar-refractivity contribution in [1.82, 2.24) is 0 Å². The van der Waals surface area contributed by atoms with Crippen molar-refractivity contribution in [2.75, 3.05) is 0 Å². The molecule has 8 atom stereocenters. The van der Waals surface area contributed by atoms with E-state index < -0.39 is 0 Å². The molecule has 4 aliphatic rings. The largest absolute Gasteiger partial charge is 0.463 e. The van der Waals surface area contributed by atoms with Crippen LogP contribution < -0.4 is 0 Å². The summed E-state index contributed by atoms with van der Waals surface area (Å²) in [6, 6.07) is 0. The van der Waals surface area contributed by atoms with Gasteiger partial charge in [0.15, 0.2) is 0 Å². The van der Waals surface area contributed by atoms with Gasteiger partial charge in [0, 0.05) is 12.8 Å². The van der Waals surface area contributed by atoms with Crippen LogP contribution in [0.4, 0.5) is 0 Å². The minimum absolute atomic E-state index is 0.122. The average Bonchev–Trinajstić information content (AvgIpc) is 2.60. The molecule has 0 saturated heterocycles. The second-order valence-electron chi connectivity index (χ2n) is 10.8. The molecule has 2 unspecified atom stereocenters. The fraction of sp³-hybridized carbons (Fsp3) is 0.917. The normalized spacial score (nSPS) is 49.3. The van der Waals surface area contributed by atoms with Crippen LogP contribution in [0.25, 0.3) is 0 Å². The molecule has 0 bridgehead atoms. The summed E-state index contributed by atoms with van der Waals surface area (Å²) in [5.41, 5.74) is 0.646. The topological polar surface area (TPSA) is 43.4 Å². The zero-order valence-corrected chi connectivity index (χ0v) is 17.8. The first-order valence-electron chi connectivity index (χ1n) is 11.4. The van der Waals surface area contributed by atoms with Crippen molar-refractivity contribution >= 4 is 11.8 Å². The van der Waals surface area contributed by atoms with Crippen molar-refractivity contribution in [3.63, 3.8) is 0 Å². The molecule has 0 spiro atoms. The van der Waals surface area contributed by atoms with Gasteiger partial charge in [-0.1, -0.05) is 20.3 Å². The molecule has 0 aromatic carbocycles. The maximum Gasteiger partial charge on any atom is 0.302 e. The summed E-state index contributed by atoms with van der Waals surface area (Å²) in [5.74, 6) is 3.65. The quantitative estimate of drug-likeness (QED) is 0.595. The van der Waals surface area contributed by atoms with E-state index in [0.717, 1.165) is 37.0 Å². The molecule has 27 heavy (non-hydrogen) atoms. The van der Waals surface area contributed by atoms with E-state index in [4.69, 9.17) is 4.74 Å². The molecule has 3 heteroatoms. The Labute approximate surface area is 165 Å². The lowest BCUT2D eigenvalue weighted by Crippen LogP contribution is -2.57. The number of rotatable bonds is 2. The van der Waals surface area contributed by atoms with Gasteiger partial charge in [-0.25, -0.2) is 0 Å². The van der Waals surface area contributed by atoms with E-state index in [1.54, 1.807) is 6.92 Å². The number of fused-ring (bicyclic) bond motifs is 5. The van der Waals surface area contributed by atoms with Crippen molar-refractivity contribution in [2.24, 2.45) is 40.4 Å². The third-order valence-electron chi connectivity index (χ3n) is 9.68. The Kier molecular flexibility index (Phi) is 4.96. The molecule has 4 rings (SSSR count). The van der Waals surface area contributed by atoms with Gasteiger partial charge >= 0.3 is 5.97 Å². The van der Waals surface area contributed by atoms with E-state index in [-0.39, 0.29) is 17.5 Å². The summed E-state index contributed by atoms with van der Waals surface area (Å²) in [5, 5.41) is 0. The van der Waals surface area contributed by atoms with Gasteiger partial charge < -0.3 is 4.74 Å². The number of esters is 1. The first kappa shape index (κ1) is 19.5. The van der Waals surface area contributed by atoms with Gasteiger partial charge in [-0.2, -0.15) is 0 Å². The second kappa shape index (κ2) is 6.88. The lowest BCUT2D eigenvalue weighted by molar-refractivity contribution is -0.169. The molecule has 4 fully saturated rings. The first-order chi connectivity index (χ1) is 12.8. The average molecular weight is 375 g/mol. The van der Waals surface area contributed by atoms with E-state index in [1.165, 1.54) is 44.9 Å². The minimum Gasteiger partial charge on any atom is -0.463 e. The van der Waals surface area contributed by atoms with Gasteiger partial charge in [0.25, 0.3) is 0 Å². The highest BCUT2D eigenvalue weighted by Gasteiger charge is 2.59. The smallest absolute Gasteiger partial charge is 0.302 e. The van der Waals surface area contributed by atoms with Crippen LogP contribution >= 0.6 is 0 Å². The van der Waals surface area contributed by atoms with E-state index in [2.05, 4.69) is 13.8 Å². The predicted octanol–water partition coefficient (Wildman–Crippen LogP) is 5.56. The highest BCUT2D eigenvalue weighted by molar-refractivity contribution is 5.79. The molecule has 0 aromatic rings. The van der Waals surface area contributed by atoms with Crippen LogP contribution in [0.2, 0.25) is 0 Å². The third-order valence-corrected chi connectivity index (χ3v) is 9.68. The maximum absolute atomic E-state index is 12.4. The molecule has 4 saturated carbocycles. The van der Waals surface area contributed by atoms with Crippen LogP contribution in [-0.4, -0.2) is 17.9 Å². The van der Waals surface area contributed by atoms with Crippen LogP contribution in [0.5, 0.6) is 0 Å². The van der Waals surface area contributed by atoms with Gasteiger partial charge in [-0.15, -0.1) is 0 Å². The standard InChI is InChI=1S/C24H38O3/c1-15(25)20-6-5-7-21-19-9-8-17-14-18(27-16(2)26)10-12-23(17,3)22(19)11-13-24(20,21)4/h17-22H,5-14H2,1-4H3/t17-,18+,19-,20?,21?,22-,23-,24+/m0/s1. The minimum atomic E-state index is -0.122. The summed E-state index contributed by atoms with van der Waals surface area (Å²) >= 11 is 0. The number of hydrogen-bond donors (Lipinski definition) is 0. The molecular formula is C24H38O3. The van der Waals surface area contributed by atoms with Gasteiger partial charge in [0.1, 0.15) is 11.9 Å². The van der Waals surface area contributed by atoms with Crippen LogP contribution in [-0.2, 0) is 14.3 Å². The monoisotopic (exact) mass is 374 g/mol. The van der Waals surface area contributed by atoms with Gasteiger partial charge in [0.2, 0.25) is 0 Å². The third kappa shape index (κ3) is 3.08. The summed E-state index contributed by atoms with van der Waals surface area (Å²) < 4.78 is 5.59. The van der Waals surface area contributed by atoms with Crippen molar-refractivity contribution in [3.05, 3.63) is 0 Å². The molecule has 0 aromatic heterocycles. The number of carbonyl (C=O) groups excluding carboxylic acids is 2. The fourth-order valence-corrected chi connectivity index (χ4v) is 8.42. The first-order valence-corrected chi connectivity index (χ1v) is 11.4. The summed E-state index contributed by atoms with van der Waals surface area (Å²) in [6.45, 7) is 8.37. The van der Waals surface area contributed by atoms with Crippen LogP contribution in [0.15, 0.2) is 0 Å². The van der Waals surface area contributed by atoms with Crippen LogP contribution in [0.1, 0.15) is 91.9 Å². The van der Waals surface area contributed by atoms with E-state index in [0.29, 0.717) is 23.0 Å². The Morgan fingerprint density at radius 1 is 0.852 bits per heavy atom. The predicted molar refractivity (Wildman–Crippen MR) is 106 cm³/mol. The molecule has 4 aliphatic carbocycles. The van der Waals surface area contributed by atoms with Gasteiger partial charge in [-0.05, 0) is 99.2 Å². The Hall–Kier alpha value is -0.860. The summed E-state index contributed by atoms with van der Waals surface area (Å²) in [4.78, 5) is 23.8. The molecular weight excluding hydrogens is 336 g/mol. The lowest BCUT2D eigenvalue weighted by atomic mass is 9.41. The van der Waals surface area contributed by atoms with E-state index in [9.17, 15) is 9.59 Å². The molecule has 3 nitrogen and oxygen atoms in total. The summed E-state index contributed by atoms with van der Waals surface area (Å²) in [7, 11) is 0. The highest BCUT2D eigenvalue weighted by atomic mass is 16.5. The van der Waals surface area contributed by atoms with Crippen molar-refractivity contribution in [2.45, 2.75) is 98.0 Å². The van der Waals surface area contributed by atoms with E-state index >= 15 is 0 Å². The molecule has 0 heterocycles. The Balaban J connectivity index is 1.55. The second-order valence-corrected chi connectivity index (χ2v) is 10.8. The number of carbonyl (C=O) groups is 2. The Bertz CT molecular complexity index is 613. The SMILES string of the molecule is CC(=O)O[C@@H]1CC[C@@]2(C)[C@@H](CC[C@H]3C4CCCC(C(C)=O)[C@@]4(C)CC[C@@H]32)C1. The number of hydrogen-bond acceptors (Lipinski definition) is 3. The Morgan fingerprint density at radius 3 is 2.26 bits per heavy atom. The van der Waals surface area contributed by atoms with Crippen molar-refractivity contribution in [1.29, 1.82) is 0 Å². The number of ketones is 1. The zero-order valence-electron chi connectivity index (χ0n) is 17.8. The zero-order chi connectivity index (χ0) is 19.4. The lowest BCUT2D eigenvalue weighted by Gasteiger charge is -2.63. The fourth-order valence-electron chi connectivity index (χ4n) is 8.42. The van der Waals surface area contributed by atoms with Crippen LogP contribution in [0, 0.1) is 40.4 Å². The summed E-state index contributed by atoms with van der Waals surface area (Å²) in [6.07, 6.45) is 12.3. The van der Waals surface area contributed by atoms with Crippen molar-refractivity contribution in [3.8, 4) is 0 Å². The molecule has 0 aliphatic heterocycles. The van der Waals surface area contributed by atoms with Gasteiger partial charge in [-0.3, -0.25) is 9.59 Å². The van der Waals surface area contributed by atoms with Crippen molar-refractivity contribution < 1.29 is 14.3 Å². The van der Waals surface area contributed by atoms with E-state index in [1.807, 2.05) is 6.92 Å². The number of Topliss-reactive ketones (excluding diaryl/α,β-unsaturated/α-hetero) is 1. The van der Waals surface area contributed by atoms with Crippen LogP contribution in [0.3, 0.4) is 0 Å². The van der Waals surface area contributed by atoms with Gasteiger partial charge in [0.05, 0.1) is 0 Å². The molecule has 0 N–H and O–H groups in total. The number of ether oxygens (including phenoxy) is 1. The molecule has 0 radical (unpaired) electrons. The maximum atomic E-state index is 12.4. The highest BCUT2D eigenvalue weighted by Crippen LogP contribution is 2.66. The Morgan fingerprint density at radius 2 is 1.56 bits per heavy atom. The molecule has 0 amide bonds. The molecule has 152 valence electrons.